The average molecular weight is 399 g/mol. The van der Waals surface area contributed by atoms with Crippen molar-refractivity contribution in [2.45, 2.75) is 64.3 Å². The van der Waals surface area contributed by atoms with Gasteiger partial charge >= 0.3 is 0 Å². The monoisotopic (exact) mass is 398 g/mol. The molecule has 4 rings (SSSR count). The molecule has 1 aromatic carbocycles. The predicted octanol–water partition coefficient (Wildman–Crippen LogP) is 4.61. The van der Waals surface area contributed by atoms with Crippen LogP contribution in [0.3, 0.4) is 0 Å². The van der Waals surface area contributed by atoms with E-state index in [4.69, 9.17) is 4.74 Å². The van der Waals surface area contributed by atoms with Crippen molar-refractivity contribution in [3.05, 3.63) is 51.7 Å². The van der Waals surface area contributed by atoms with Crippen molar-refractivity contribution in [3.8, 4) is 5.75 Å². The number of hydrogen-bond acceptors (Lipinski definition) is 4. The third kappa shape index (κ3) is 4.11. The van der Waals surface area contributed by atoms with Gasteiger partial charge in [0.05, 0.1) is 6.54 Å². The van der Waals surface area contributed by atoms with Gasteiger partial charge in [-0.05, 0) is 62.7 Å². The van der Waals surface area contributed by atoms with Gasteiger partial charge in [0.15, 0.2) is 0 Å². The van der Waals surface area contributed by atoms with Crippen molar-refractivity contribution in [2.24, 2.45) is 0 Å². The van der Waals surface area contributed by atoms with E-state index in [2.05, 4.69) is 42.5 Å². The van der Waals surface area contributed by atoms with E-state index in [-0.39, 0.29) is 11.5 Å². The highest BCUT2D eigenvalue weighted by molar-refractivity contribution is 7.10. The molecular weight excluding hydrogens is 368 g/mol. The molecule has 1 aliphatic carbocycles. The highest BCUT2D eigenvalue weighted by atomic mass is 32.1. The largest absolute Gasteiger partial charge is 0.485 e. The molecule has 2 heterocycles. The predicted molar refractivity (Wildman–Crippen MR) is 114 cm³/mol. The van der Waals surface area contributed by atoms with Gasteiger partial charge in [0.1, 0.15) is 11.4 Å². The minimum atomic E-state index is -0.255. The van der Waals surface area contributed by atoms with E-state index in [1.54, 1.807) is 6.92 Å². The Morgan fingerprint density at radius 2 is 2.07 bits per heavy atom. The van der Waals surface area contributed by atoms with Crippen LogP contribution in [0.2, 0.25) is 0 Å². The van der Waals surface area contributed by atoms with E-state index in [9.17, 15) is 4.79 Å². The number of para-hydroxylation sites is 1. The van der Waals surface area contributed by atoms with Crippen LogP contribution < -0.4 is 4.74 Å². The summed E-state index contributed by atoms with van der Waals surface area (Å²) >= 11 is 1.83. The van der Waals surface area contributed by atoms with Gasteiger partial charge in [-0.15, -0.1) is 11.3 Å². The maximum Gasteiger partial charge on any atom is 0.219 e. The Bertz CT molecular complexity index is 839. The number of carbonyl (C=O) groups excluding carboxylic acids is 1. The van der Waals surface area contributed by atoms with Gasteiger partial charge in [0, 0.05) is 36.5 Å². The second-order valence-corrected chi connectivity index (χ2v) is 9.60. The molecule has 1 saturated carbocycles. The summed E-state index contributed by atoms with van der Waals surface area (Å²) in [5.41, 5.74) is 2.27. The molecule has 1 aromatic heterocycles. The third-order valence-corrected chi connectivity index (χ3v) is 7.20. The van der Waals surface area contributed by atoms with Crippen LogP contribution in [-0.2, 0) is 17.9 Å². The number of fused-ring (bicyclic) bond motifs is 1. The third-order valence-electron chi connectivity index (χ3n) is 6.29. The van der Waals surface area contributed by atoms with Crippen LogP contribution in [0.15, 0.2) is 35.7 Å². The second kappa shape index (κ2) is 7.88. The van der Waals surface area contributed by atoms with Crippen molar-refractivity contribution in [1.29, 1.82) is 0 Å². The quantitative estimate of drug-likeness (QED) is 0.757. The molecule has 1 fully saturated rings. The van der Waals surface area contributed by atoms with Crippen LogP contribution in [0.5, 0.6) is 5.75 Å². The van der Waals surface area contributed by atoms with Gasteiger partial charge < -0.3 is 9.64 Å². The van der Waals surface area contributed by atoms with E-state index in [1.165, 1.54) is 10.4 Å². The van der Waals surface area contributed by atoms with Crippen molar-refractivity contribution in [2.75, 3.05) is 13.6 Å². The second-order valence-electron chi connectivity index (χ2n) is 8.48. The summed E-state index contributed by atoms with van der Waals surface area (Å²) in [6.45, 7) is 6.18. The lowest BCUT2D eigenvalue weighted by Crippen LogP contribution is -2.51. The maximum absolute atomic E-state index is 12.2. The topological polar surface area (TPSA) is 32.8 Å². The first-order valence-electron chi connectivity index (χ1n) is 10.2. The molecule has 1 aliphatic heterocycles. The van der Waals surface area contributed by atoms with Gasteiger partial charge in [-0.1, -0.05) is 18.2 Å². The fraction of sp³-hybridized carbons (Fsp3) is 0.522. The Morgan fingerprint density at radius 1 is 1.32 bits per heavy atom. The van der Waals surface area contributed by atoms with Crippen molar-refractivity contribution in [1.82, 2.24) is 9.80 Å². The number of amides is 1. The molecule has 0 N–H and O–H groups in total. The van der Waals surface area contributed by atoms with Crippen LogP contribution in [0.25, 0.3) is 0 Å². The first-order chi connectivity index (χ1) is 13.4. The summed E-state index contributed by atoms with van der Waals surface area (Å²) in [5.74, 6) is 1.08. The molecule has 0 unspecified atom stereocenters. The highest BCUT2D eigenvalue weighted by Crippen LogP contribution is 2.39. The molecule has 28 heavy (non-hydrogen) atoms. The molecule has 0 bridgehead atoms. The molecule has 1 amide bonds. The van der Waals surface area contributed by atoms with E-state index in [0.717, 1.165) is 43.5 Å². The maximum atomic E-state index is 12.2. The van der Waals surface area contributed by atoms with Gasteiger partial charge in [0.2, 0.25) is 5.91 Å². The molecule has 5 heteroatoms. The smallest absolute Gasteiger partial charge is 0.219 e. The number of ether oxygens (including phenoxy) is 1. The summed E-state index contributed by atoms with van der Waals surface area (Å²) in [6, 6.07) is 11.0. The van der Waals surface area contributed by atoms with E-state index in [0.29, 0.717) is 19.1 Å². The lowest BCUT2D eigenvalue weighted by Gasteiger charge is -2.43. The van der Waals surface area contributed by atoms with Crippen LogP contribution in [-0.4, -0.2) is 40.9 Å². The Kier molecular flexibility index (Phi) is 5.48. The normalized spacial score (nSPS) is 24.7. The molecule has 0 atom stereocenters. The molecule has 2 aromatic rings. The Morgan fingerprint density at radius 3 is 2.75 bits per heavy atom. The Hall–Kier alpha value is -1.85. The van der Waals surface area contributed by atoms with Crippen LogP contribution >= 0.6 is 11.3 Å². The van der Waals surface area contributed by atoms with Crippen LogP contribution in [0.1, 0.15) is 48.6 Å². The van der Waals surface area contributed by atoms with E-state index >= 15 is 0 Å². The highest BCUT2D eigenvalue weighted by Gasteiger charge is 2.42. The van der Waals surface area contributed by atoms with Crippen molar-refractivity contribution >= 4 is 17.2 Å². The molecule has 0 radical (unpaired) electrons. The first-order valence-corrected chi connectivity index (χ1v) is 11.1. The first kappa shape index (κ1) is 19.5. The number of aryl methyl sites for hydroxylation is 1. The van der Waals surface area contributed by atoms with Gasteiger partial charge in [-0.2, -0.15) is 0 Å². The molecule has 2 aliphatic rings. The van der Waals surface area contributed by atoms with E-state index in [1.807, 2.05) is 28.4 Å². The molecule has 0 saturated heterocycles. The molecule has 150 valence electrons. The Labute approximate surface area is 172 Å². The molecule has 1 spiro atoms. The van der Waals surface area contributed by atoms with Crippen LogP contribution in [0.4, 0.5) is 0 Å². The van der Waals surface area contributed by atoms with Crippen LogP contribution in [0, 0.1) is 6.92 Å². The Balaban J connectivity index is 1.46. The zero-order valence-corrected chi connectivity index (χ0v) is 17.9. The lowest BCUT2D eigenvalue weighted by molar-refractivity contribution is -0.132. The number of benzene rings is 1. The number of rotatable bonds is 3. The fourth-order valence-corrected chi connectivity index (χ4v) is 5.36. The number of nitrogens with zero attached hydrogens (tertiary/aromatic N) is 2. The van der Waals surface area contributed by atoms with Gasteiger partial charge in [0.25, 0.3) is 0 Å². The molecular formula is C23H30N2O2S. The summed E-state index contributed by atoms with van der Waals surface area (Å²) < 4.78 is 6.60. The number of thiophene rings is 1. The van der Waals surface area contributed by atoms with Crippen molar-refractivity contribution in [3.63, 3.8) is 0 Å². The minimum Gasteiger partial charge on any atom is -0.485 e. The van der Waals surface area contributed by atoms with Gasteiger partial charge in [-0.25, -0.2) is 0 Å². The lowest BCUT2D eigenvalue weighted by atomic mass is 9.81. The summed E-state index contributed by atoms with van der Waals surface area (Å²) in [4.78, 5) is 18.1. The standard InChI is InChI=1S/C23H30N2O2S/c1-17-12-19(15-28-17)13-24(3)21-8-10-23(11-9-21)16-25(18(2)26)14-20-6-4-5-7-22(20)27-23/h4-7,12,15,21H,8-11,13-14,16H2,1-3H3. The zero-order chi connectivity index (χ0) is 19.7. The van der Waals surface area contributed by atoms with Crippen molar-refractivity contribution < 1.29 is 9.53 Å². The summed E-state index contributed by atoms with van der Waals surface area (Å²) in [6.07, 6.45) is 4.19. The zero-order valence-electron chi connectivity index (χ0n) is 17.1. The average Bonchev–Trinajstić information content (AvgIpc) is 2.99. The minimum absolute atomic E-state index is 0.131. The number of carbonyl (C=O) groups is 1. The van der Waals surface area contributed by atoms with Gasteiger partial charge in [-0.3, -0.25) is 9.69 Å². The summed E-state index contributed by atoms with van der Waals surface area (Å²) in [7, 11) is 2.24. The summed E-state index contributed by atoms with van der Waals surface area (Å²) in [5, 5.41) is 2.27. The van der Waals surface area contributed by atoms with E-state index < -0.39 is 0 Å². The fourth-order valence-electron chi connectivity index (χ4n) is 4.66. The number of hydrogen-bond donors (Lipinski definition) is 0. The molecule has 4 nitrogen and oxygen atoms in total. The SMILES string of the molecule is CC(=O)N1Cc2ccccc2OC2(CCC(N(C)Cc3csc(C)c3)CC2)C1.